The lowest BCUT2D eigenvalue weighted by Gasteiger charge is -2.26. The minimum absolute atomic E-state index is 0.0213. The number of hydrogen-bond acceptors (Lipinski definition) is 1. The zero-order valence-electron chi connectivity index (χ0n) is 27.6. The first-order valence-corrected chi connectivity index (χ1v) is 16.7. The molecule has 0 amide bonds. The second kappa shape index (κ2) is 12.1. The van der Waals surface area contributed by atoms with Gasteiger partial charge in [-0.25, -0.2) is 0 Å². The molecule has 2 nitrogen and oxygen atoms in total. The maximum Gasteiger partial charge on any atom is 0.0496 e. The van der Waals surface area contributed by atoms with Crippen LogP contribution in [0, 0.1) is 0 Å². The molecule has 1 aromatic heterocycles. The highest BCUT2D eigenvalue weighted by Gasteiger charge is 2.21. The summed E-state index contributed by atoms with van der Waals surface area (Å²) in [6, 6.07) is 63.5. The molecule has 0 aliphatic heterocycles. The lowest BCUT2D eigenvalue weighted by molar-refractivity contribution is 0.423. The number of aromatic nitrogens is 1. The van der Waals surface area contributed by atoms with E-state index in [4.69, 9.17) is 0 Å². The van der Waals surface area contributed by atoms with E-state index in [1.165, 1.54) is 55.2 Å². The molecule has 8 aromatic rings. The summed E-state index contributed by atoms with van der Waals surface area (Å²) in [5.74, 6) is 0. The Morgan fingerprint density at radius 3 is 1.21 bits per heavy atom. The van der Waals surface area contributed by atoms with Gasteiger partial charge in [0.1, 0.15) is 0 Å². The van der Waals surface area contributed by atoms with E-state index in [0.29, 0.717) is 0 Å². The Kier molecular flexibility index (Phi) is 7.42. The van der Waals surface area contributed by atoms with Crippen molar-refractivity contribution in [3.63, 3.8) is 0 Å². The smallest absolute Gasteiger partial charge is 0.0496 e. The third-order valence-corrected chi connectivity index (χ3v) is 9.27. The molecule has 0 radical (unpaired) electrons. The van der Waals surface area contributed by atoms with E-state index in [2.05, 4.69) is 206 Å². The van der Waals surface area contributed by atoms with Gasteiger partial charge in [-0.05, 0) is 109 Å². The summed E-state index contributed by atoms with van der Waals surface area (Å²) in [5, 5.41) is 2.59. The van der Waals surface area contributed by atoms with Gasteiger partial charge in [-0.1, -0.05) is 121 Å². The molecule has 0 aliphatic carbocycles. The fourth-order valence-electron chi connectivity index (χ4n) is 6.99. The summed E-state index contributed by atoms with van der Waals surface area (Å²) in [7, 11) is 0. The van der Waals surface area contributed by atoms with Crippen molar-refractivity contribution in [1.29, 1.82) is 0 Å². The van der Waals surface area contributed by atoms with Crippen LogP contribution in [-0.2, 0) is 5.54 Å². The summed E-state index contributed by atoms with van der Waals surface area (Å²) < 4.78 is 2.47. The van der Waals surface area contributed by atoms with Gasteiger partial charge in [-0.2, -0.15) is 0 Å². The highest BCUT2D eigenvalue weighted by molar-refractivity contribution is 6.09. The first-order chi connectivity index (χ1) is 23.4. The van der Waals surface area contributed by atoms with E-state index in [1.54, 1.807) is 0 Å². The summed E-state index contributed by atoms with van der Waals surface area (Å²) in [6.45, 7) is 6.84. The quantitative estimate of drug-likeness (QED) is 0.180. The largest absolute Gasteiger partial charge is 0.335 e. The van der Waals surface area contributed by atoms with Crippen LogP contribution in [0.4, 0.5) is 17.1 Å². The normalized spacial score (nSPS) is 11.6. The molecule has 0 fully saturated rings. The van der Waals surface area contributed by atoms with Crippen LogP contribution in [0.5, 0.6) is 0 Å². The molecule has 232 valence electrons. The van der Waals surface area contributed by atoms with Crippen molar-refractivity contribution in [2.45, 2.75) is 26.3 Å². The minimum atomic E-state index is -0.0213. The average molecular weight is 619 g/mol. The second-order valence-electron chi connectivity index (χ2n) is 13.5. The summed E-state index contributed by atoms with van der Waals surface area (Å²) >= 11 is 0. The molecule has 0 N–H and O–H groups in total. The molecule has 7 aromatic carbocycles. The van der Waals surface area contributed by atoms with Gasteiger partial charge in [0, 0.05) is 44.4 Å². The van der Waals surface area contributed by atoms with E-state index < -0.39 is 0 Å². The van der Waals surface area contributed by atoms with Crippen LogP contribution in [0.3, 0.4) is 0 Å². The number of rotatable bonds is 6. The third kappa shape index (κ3) is 5.46. The Balaban J connectivity index is 1.18. The Morgan fingerprint density at radius 1 is 0.354 bits per heavy atom. The number of benzene rings is 7. The molecular formula is C46H38N2. The maximum atomic E-state index is 2.47. The molecule has 0 atom stereocenters. The number of fused-ring (bicyclic) bond motifs is 3. The van der Waals surface area contributed by atoms with Crippen molar-refractivity contribution in [2.75, 3.05) is 4.90 Å². The molecule has 0 saturated heterocycles. The molecule has 0 saturated carbocycles. The topological polar surface area (TPSA) is 8.17 Å². The summed E-state index contributed by atoms with van der Waals surface area (Å²) in [4.78, 5) is 2.34. The predicted octanol–water partition coefficient (Wildman–Crippen LogP) is 13.0. The first kappa shape index (κ1) is 29.5. The lowest BCUT2D eigenvalue weighted by atomic mass is 10.0. The molecule has 1 heterocycles. The zero-order valence-corrected chi connectivity index (χ0v) is 27.6. The molecule has 0 aliphatic rings. The van der Waals surface area contributed by atoms with Crippen LogP contribution in [0.1, 0.15) is 20.8 Å². The van der Waals surface area contributed by atoms with Crippen LogP contribution < -0.4 is 4.90 Å². The Bertz CT molecular complexity index is 2240. The fourth-order valence-corrected chi connectivity index (χ4v) is 6.99. The monoisotopic (exact) mass is 618 g/mol. The van der Waals surface area contributed by atoms with Crippen LogP contribution >= 0.6 is 0 Å². The van der Waals surface area contributed by atoms with Gasteiger partial charge in [0.2, 0.25) is 0 Å². The van der Waals surface area contributed by atoms with Gasteiger partial charge in [0.15, 0.2) is 0 Å². The third-order valence-electron chi connectivity index (χ3n) is 9.27. The van der Waals surface area contributed by atoms with Crippen molar-refractivity contribution in [2.24, 2.45) is 0 Å². The van der Waals surface area contributed by atoms with E-state index in [-0.39, 0.29) is 5.54 Å². The summed E-state index contributed by atoms with van der Waals surface area (Å²) in [6.07, 6.45) is 0. The average Bonchev–Trinajstić information content (AvgIpc) is 3.48. The Morgan fingerprint density at radius 2 is 0.729 bits per heavy atom. The van der Waals surface area contributed by atoms with Crippen molar-refractivity contribution < 1.29 is 0 Å². The fraction of sp³-hybridized carbons (Fsp3) is 0.0870. The molecule has 8 rings (SSSR count). The minimum Gasteiger partial charge on any atom is -0.335 e. The van der Waals surface area contributed by atoms with Crippen LogP contribution in [0.25, 0.3) is 55.2 Å². The number of anilines is 3. The van der Waals surface area contributed by atoms with Gasteiger partial charge in [-0.15, -0.1) is 0 Å². The SMILES string of the molecule is CC(C)(C)n1c2ccccc2c2cc(-c3ccc(N(c4ccc(-c5ccccc5)cc4)c4ccc(-c5ccccc5)cc4)cc3)ccc21. The van der Waals surface area contributed by atoms with Crippen molar-refractivity contribution in [3.8, 4) is 33.4 Å². The van der Waals surface area contributed by atoms with Gasteiger partial charge >= 0.3 is 0 Å². The highest BCUT2D eigenvalue weighted by atomic mass is 15.1. The van der Waals surface area contributed by atoms with E-state index >= 15 is 0 Å². The first-order valence-electron chi connectivity index (χ1n) is 16.7. The second-order valence-corrected chi connectivity index (χ2v) is 13.5. The van der Waals surface area contributed by atoms with Crippen molar-refractivity contribution in [1.82, 2.24) is 4.57 Å². The highest BCUT2D eigenvalue weighted by Crippen LogP contribution is 2.39. The van der Waals surface area contributed by atoms with Crippen LogP contribution in [-0.4, -0.2) is 4.57 Å². The Hall–Kier alpha value is -5.86. The van der Waals surface area contributed by atoms with E-state index in [0.717, 1.165) is 17.1 Å². The van der Waals surface area contributed by atoms with E-state index in [9.17, 15) is 0 Å². The molecule has 0 unspecified atom stereocenters. The van der Waals surface area contributed by atoms with Crippen molar-refractivity contribution in [3.05, 3.63) is 176 Å². The number of nitrogens with zero attached hydrogens (tertiary/aromatic N) is 2. The number of hydrogen-bond donors (Lipinski definition) is 0. The van der Waals surface area contributed by atoms with Crippen molar-refractivity contribution >= 4 is 38.9 Å². The maximum absolute atomic E-state index is 2.47. The molecule has 0 spiro atoms. The van der Waals surface area contributed by atoms with Gasteiger partial charge in [0.05, 0.1) is 0 Å². The van der Waals surface area contributed by atoms with Gasteiger partial charge in [-0.3, -0.25) is 0 Å². The number of para-hydroxylation sites is 1. The van der Waals surface area contributed by atoms with Gasteiger partial charge in [0.25, 0.3) is 0 Å². The molecule has 48 heavy (non-hydrogen) atoms. The molecular weight excluding hydrogens is 581 g/mol. The Labute approximate surface area is 283 Å². The lowest BCUT2D eigenvalue weighted by Crippen LogP contribution is -2.21. The van der Waals surface area contributed by atoms with Crippen LogP contribution in [0.2, 0.25) is 0 Å². The summed E-state index contributed by atoms with van der Waals surface area (Å²) in [5.41, 5.74) is 13.1. The molecule has 2 heteroatoms. The predicted molar refractivity (Wildman–Crippen MR) is 205 cm³/mol. The van der Waals surface area contributed by atoms with E-state index in [1.807, 2.05) is 0 Å². The van der Waals surface area contributed by atoms with Crippen LogP contribution in [0.15, 0.2) is 176 Å². The van der Waals surface area contributed by atoms with Gasteiger partial charge < -0.3 is 9.47 Å². The molecule has 0 bridgehead atoms. The standard InChI is InChI=1S/C46H38N2/c1-46(2,3)48-44-17-11-10-16-42(44)43-32-38(24-31-45(43)48)37-22-29-41(30-23-37)47(39-25-18-35(19-26-39)33-12-6-4-7-13-33)40-27-20-36(21-28-40)34-14-8-5-9-15-34/h4-32H,1-3H3. The zero-order chi connectivity index (χ0) is 32.7.